The molecule has 0 saturated heterocycles. The summed E-state index contributed by atoms with van der Waals surface area (Å²) < 4.78 is 0. The molecule has 3 rings (SSSR count). The second kappa shape index (κ2) is 4.34. The fraction of sp³-hybridized carbons (Fsp3) is 0.125. The molecule has 0 fully saturated rings. The molecule has 0 N–H and O–H groups in total. The first-order valence-corrected chi connectivity index (χ1v) is 6.71. The van der Waals surface area contributed by atoms with Crippen LogP contribution in [-0.4, -0.2) is 0 Å². The summed E-state index contributed by atoms with van der Waals surface area (Å²) in [6, 6.07) is 17.4. The lowest BCUT2D eigenvalue weighted by Crippen LogP contribution is -1.87. The molecule has 0 aliphatic carbocycles. The third kappa shape index (κ3) is 2.11. The van der Waals surface area contributed by atoms with E-state index < -0.39 is 0 Å². The van der Waals surface area contributed by atoms with Gasteiger partial charge in [-0.05, 0) is 46.7 Å². The average Bonchev–Trinajstić information content (AvgIpc) is 2.75. The molecule has 3 aromatic rings. The van der Waals surface area contributed by atoms with Crippen molar-refractivity contribution in [2.75, 3.05) is 0 Å². The lowest BCUT2D eigenvalue weighted by Gasteiger charge is -2.05. The van der Waals surface area contributed by atoms with E-state index in [1.54, 1.807) is 0 Å². The minimum atomic E-state index is 1.03. The molecule has 0 spiro atoms. The van der Waals surface area contributed by atoms with Crippen molar-refractivity contribution in [2.45, 2.75) is 13.3 Å². The molecule has 0 nitrogen and oxygen atoms in total. The van der Waals surface area contributed by atoms with Crippen LogP contribution < -0.4 is 0 Å². The van der Waals surface area contributed by atoms with Crippen molar-refractivity contribution in [2.24, 2.45) is 0 Å². The third-order valence-corrected chi connectivity index (χ3v) is 3.97. The predicted octanol–water partition coefficient (Wildman–Crippen LogP) is 4.80. The lowest BCUT2D eigenvalue weighted by atomic mass is 10.00. The summed E-state index contributed by atoms with van der Waals surface area (Å²) >= 11 is 1.83. The molecule has 0 radical (unpaired) electrons. The van der Waals surface area contributed by atoms with Gasteiger partial charge in [0.1, 0.15) is 0 Å². The molecule has 0 bridgehead atoms. The van der Waals surface area contributed by atoms with Gasteiger partial charge in [-0.25, -0.2) is 0 Å². The van der Waals surface area contributed by atoms with Crippen molar-refractivity contribution < 1.29 is 0 Å². The van der Waals surface area contributed by atoms with Gasteiger partial charge in [0.15, 0.2) is 0 Å². The van der Waals surface area contributed by atoms with E-state index in [1.165, 1.54) is 26.8 Å². The van der Waals surface area contributed by atoms with Gasteiger partial charge in [0.25, 0.3) is 0 Å². The second-order valence-electron chi connectivity index (χ2n) is 4.38. The molecule has 0 unspecified atom stereocenters. The van der Waals surface area contributed by atoms with Crippen LogP contribution >= 0.6 is 11.3 Å². The van der Waals surface area contributed by atoms with Crippen LogP contribution in [0, 0.1) is 6.92 Å². The van der Waals surface area contributed by atoms with Crippen LogP contribution in [0.3, 0.4) is 0 Å². The van der Waals surface area contributed by atoms with Crippen LogP contribution in [0.1, 0.15) is 16.0 Å². The quantitative estimate of drug-likeness (QED) is 0.601. The van der Waals surface area contributed by atoms with Gasteiger partial charge in [-0.3, -0.25) is 0 Å². The van der Waals surface area contributed by atoms with Gasteiger partial charge in [-0.2, -0.15) is 0 Å². The van der Waals surface area contributed by atoms with Gasteiger partial charge in [0, 0.05) is 4.88 Å². The molecular formula is C16H14S. The Labute approximate surface area is 106 Å². The average molecular weight is 238 g/mol. The van der Waals surface area contributed by atoms with E-state index in [0.29, 0.717) is 0 Å². The monoisotopic (exact) mass is 238 g/mol. The minimum absolute atomic E-state index is 1.03. The largest absolute Gasteiger partial charge is 0.149 e. The van der Waals surface area contributed by atoms with Crippen molar-refractivity contribution in [1.29, 1.82) is 0 Å². The second-order valence-corrected chi connectivity index (χ2v) is 5.50. The van der Waals surface area contributed by atoms with Gasteiger partial charge in [0.2, 0.25) is 0 Å². The highest BCUT2D eigenvalue weighted by Gasteiger charge is 2.02. The highest BCUT2D eigenvalue weighted by Crippen LogP contribution is 2.23. The maximum Gasteiger partial charge on any atom is 0.00171 e. The molecule has 0 saturated carbocycles. The Bertz CT molecular complexity index is 644. The molecule has 84 valence electrons. The van der Waals surface area contributed by atoms with Crippen molar-refractivity contribution in [1.82, 2.24) is 0 Å². The van der Waals surface area contributed by atoms with Crippen molar-refractivity contribution in [3.63, 3.8) is 0 Å². The first-order valence-electron chi connectivity index (χ1n) is 5.83. The third-order valence-electron chi connectivity index (χ3n) is 3.06. The van der Waals surface area contributed by atoms with E-state index in [0.717, 1.165) is 6.42 Å². The van der Waals surface area contributed by atoms with Crippen molar-refractivity contribution >= 4 is 22.1 Å². The number of hydrogen-bond donors (Lipinski definition) is 0. The number of fused-ring (bicyclic) bond motifs is 1. The van der Waals surface area contributed by atoms with Crippen molar-refractivity contribution in [3.8, 4) is 0 Å². The fourth-order valence-electron chi connectivity index (χ4n) is 2.26. The number of benzene rings is 2. The maximum atomic E-state index is 2.28. The van der Waals surface area contributed by atoms with Crippen LogP contribution in [0.5, 0.6) is 0 Å². The molecule has 1 heterocycles. The zero-order valence-electron chi connectivity index (χ0n) is 9.81. The SMILES string of the molecule is Cc1cc(Cc2cccc3ccccc23)cs1. The van der Waals surface area contributed by atoms with E-state index >= 15 is 0 Å². The molecule has 1 aromatic heterocycles. The van der Waals surface area contributed by atoms with E-state index in [2.05, 4.69) is 60.8 Å². The summed E-state index contributed by atoms with van der Waals surface area (Å²) in [6.07, 6.45) is 1.03. The number of hydrogen-bond acceptors (Lipinski definition) is 1. The summed E-state index contributed by atoms with van der Waals surface area (Å²) in [5.41, 5.74) is 2.84. The van der Waals surface area contributed by atoms with Crippen LogP contribution in [-0.2, 0) is 6.42 Å². The molecule has 2 aromatic carbocycles. The van der Waals surface area contributed by atoms with Gasteiger partial charge in [-0.15, -0.1) is 11.3 Å². The summed E-state index contributed by atoms with van der Waals surface area (Å²) in [5, 5.41) is 4.97. The Hall–Kier alpha value is -1.60. The highest BCUT2D eigenvalue weighted by atomic mass is 32.1. The van der Waals surface area contributed by atoms with Crippen molar-refractivity contribution in [3.05, 3.63) is 69.9 Å². The first-order chi connectivity index (χ1) is 8.33. The summed E-state index contributed by atoms with van der Waals surface area (Å²) in [5.74, 6) is 0. The number of rotatable bonds is 2. The van der Waals surface area contributed by atoms with Gasteiger partial charge in [0.05, 0.1) is 0 Å². The molecule has 0 amide bonds. The van der Waals surface area contributed by atoms with Crippen LogP contribution in [0.15, 0.2) is 53.9 Å². The highest BCUT2D eigenvalue weighted by molar-refractivity contribution is 7.10. The molecule has 1 heteroatoms. The normalized spacial score (nSPS) is 10.9. The number of aryl methyl sites for hydroxylation is 1. The zero-order chi connectivity index (χ0) is 11.7. The maximum absolute atomic E-state index is 2.28. The smallest absolute Gasteiger partial charge is 0.00171 e. The summed E-state index contributed by atoms with van der Waals surface area (Å²) in [6.45, 7) is 2.16. The minimum Gasteiger partial charge on any atom is -0.149 e. The first kappa shape index (κ1) is 10.5. The van der Waals surface area contributed by atoms with E-state index in [4.69, 9.17) is 0 Å². The van der Waals surface area contributed by atoms with Gasteiger partial charge >= 0.3 is 0 Å². The molecular weight excluding hydrogens is 224 g/mol. The molecule has 0 aliphatic rings. The van der Waals surface area contributed by atoms with Crippen LogP contribution in [0.2, 0.25) is 0 Å². The van der Waals surface area contributed by atoms with E-state index in [-0.39, 0.29) is 0 Å². The van der Waals surface area contributed by atoms with Crippen LogP contribution in [0.25, 0.3) is 10.8 Å². The van der Waals surface area contributed by atoms with Gasteiger partial charge in [-0.1, -0.05) is 42.5 Å². The summed E-state index contributed by atoms with van der Waals surface area (Å²) in [4.78, 5) is 1.39. The Balaban J connectivity index is 2.05. The molecule has 0 aliphatic heterocycles. The van der Waals surface area contributed by atoms with E-state index in [9.17, 15) is 0 Å². The van der Waals surface area contributed by atoms with Crippen LogP contribution in [0.4, 0.5) is 0 Å². The molecule has 0 atom stereocenters. The number of thiophene rings is 1. The van der Waals surface area contributed by atoms with E-state index in [1.807, 2.05) is 11.3 Å². The topological polar surface area (TPSA) is 0 Å². The standard InChI is InChI=1S/C16H14S/c1-12-9-13(11-17-12)10-15-7-4-6-14-5-2-3-8-16(14)15/h2-9,11H,10H2,1H3. The Kier molecular flexibility index (Phi) is 2.69. The summed E-state index contributed by atoms with van der Waals surface area (Å²) in [7, 11) is 0. The Morgan fingerprint density at radius 3 is 2.65 bits per heavy atom. The zero-order valence-corrected chi connectivity index (χ0v) is 10.6. The predicted molar refractivity (Wildman–Crippen MR) is 75.8 cm³/mol. The fourth-order valence-corrected chi connectivity index (χ4v) is 2.97. The Morgan fingerprint density at radius 1 is 1.00 bits per heavy atom. The Morgan fingerprint density at radius 2 is 1.82 bits per heavy atom. The van der Waals surface area contributed by atoms with Gasteiger partial charge < -0.3 is 0 Å². The lowest BCUT2D eigenvalue weighted by molar-refractivity contribution is 1.23. The molecule has 17 heavy (non-hydrogen) atoms.